The van der Waals surface area contributed by atoms with Gasteiger partial charge in [-0.25, -0.2) is 8.42 Å². The van der Waals surface area contributed by atoms with Crippen LogP contribution in [0.2, 0.25) is 0 Å². The average molecular weight is 315 g/mol. The van der Waals surface area contributed by atoms with E-state index < -0.39 is 14.8 Å². The van der Waals surface area contributed by atoms with E-state index in [0.717, 1.165) is 18.9 Å². The van der Waals surface area contributed by atoms with Crippen LogP contribution in [0.15, 0.2) is 23.1 Å². The number of nitro groups is 1. The largest absolute Gasteiger partial charge is 0.383 e. The van der Waals surface area contributed by atoms with Gasteiger partial charge in [-0.3, -0.25) is 10.1 Å². The Labute approximate surface area is 125 Å². The van der Waals surface area contributed by atoms with Crippen molar-refractivity contribution in [1.82, 2.24) is 4.90 Å². The molecular weight excluding hydrogens is 294 g/mol. The third-order valence-corrected chi connectivity index (χ3v) is 4.37. The molecule has 8 heteroatoms. The van der Waals surface area contributed by atoms with Gasteiger partial charge >= 0.3 is 0 Å². The lowest BCUT2D eigenvalue weighted by molar-refractivity contribution is -0.385. The first-order valence-electron chi connectivity index (χ1n) is 6.55. The van der Waals surface area contributed by atoms with Gasteiger partial charge in [0.1, 0.15) is 0 Å². The van der Waals surface area contributed by atoms with Gasteiger partial charge in [0.2, 0.25) is 0 Å². The minimum Gasteiger partial charge on any atom is -0.383 e. The predicted molar refractivity (Wildman–Crippen MR) is 82.5 cm³/mol. The van der Waals surface area contributed by atoms with Crippen LogP contribution in [-0.4, -0.2) is 50.7 Å². The molecule has 0 amide bonds. The highest BCUT2D eigenvalue weighted by Gasteiger charge is 2.18. The van der Waals surface area contributed by atoms with E-state index in [1.165, 1.54) is 12.1 Å². The number of nitrogens with one attached hydrogen (secondary N) is 1. The van der Waals surface area contributed by atoms with Crippen LogP contribution in [0, 0.1) is 10.1 Å². The molecule has 0 radical (unpaired) electrons. The van der Waals surface area contributed by atoms with E-state index in [0.29, 0.717) is 18.3 Å². The van der Waals surface area contributed by atoms with E-state index in [4.69, 9.17) is 0 Å². The van der Waals surface area contributed by atoms with Crippen LogP contribution in [0.25, 0.3) is 0 Å². The molecule has 1 rings (SSSR count). The van der Waals surface area contributed by atoms with Crippen LogP contribution >= 0.6 is 0 Å². The fraction of sp³-hybridized carbons (Fsp3) is 0.538. The molecular formula is C13H21N3O4S. The highest BCUT2D eigenvalue weighted by Crippen LogP contribution is 2.26. The number of anilines is 1. The van der Waals surface area contributed by atoms with Crippen molar-refractivity contribution in [2.75, 3.05) is 31.7 Å². The van der Waals surface area contributed by atoms with Crippen molar-refractivity contribution in [1.29, 1.82) is 0 Å². The van der Waals surface area contributed by atoms with Crippen LogP contribution in [0.4, 0.5) is 11.4 Å². The first-order chi connectivity index (χ1) is 9.62. The van der Waals surface area contributed by atoms with Crippen LogP contribution < -0.4 is 5.32 Å². The van der Waals surface area contributed by atoms with Gasteiger partial charge in [-0.1, -0.05) is 0 Å². The van der Waals surface area contributed by atoms with Crippen molar-refractivity contribution in [3.63, 3.8) is 0 Å². The molecule has 0 fully saturated rings. The fourth-order valence-electron chi connectivity index (χ4n) is 1.70. The number of rotatable bonds is 7. The van der Waals surface area contributed by atoms with Gasteiger partial charge in [0.05, 0.1) is 15.5 Å². The molecule has 1 N–H and O–H groups in total. The number of non-ortho nitro benzene ring substituents is 1. The Hall–Kier alpha value is -1.67. The first-order valence-corrected chi connectivity index (χ1v) is 8.44. The van der Waals surface area contributed by atoms with Crippen molar-refractivity contribution < 1.29 is 13.3 Å². The number of sulfone groups is 1. The molecule has 118 valence electrons. The maximum Gasteiger partial charge on any atom is 0.270 e. The number of benzene rings is 1. The molecule has 0 aliphatic carbocycles. The molecule has 0 heterocycles. The number of nitrogens with zero attached hydrogens (tertiary/aromatic N) is 2. The van der Waals surface area contributed by atoms with E-state index in [1.807, 2.05) is 7.05 Å². The third kappa shape index (κ3) is 4.98. The van der Waals surface area contributed by atoms with Crippen molar-refractivity contribution in [2.24, 2.45) is 0 Å². The zero-order chi connectivity index (χ0) is 16.2. The molecule has 0 aliphatic rings. The Kier molecular flexibility index (Phi) is 5.68. The minimum absolute atomic E-state index is 0.0519. The summed E-state index contributed by atoms with van der Waals surface area (Å²) in [6.07, 6.45) is 1.04. The monoisotopic (exact) mass is 315 g/mol. The van der Waals surface area contributed by atoms with E-state index in [-0.39, 0.29) is 10.6 Å². The number of hydrogen-bond donors (Lipinski definition) is 1. The van der Waals surface area contributed by atoms with Crippen LogP contribution in [-0.2, 0) is 9.84 Å². The second kappa shape index (κ2) is 6.86. The number of likely N-dealkylation sites (N-methyl/N-ethyl adjacent to an activating group) is 1. The van der Waals surface area contributed by atoms with E-state index in [2.05, 4.69) is 24.1 Å². The highest BCUT2D eigenvalue weighted by molar-refractivity contribution is 7.90. The molecule has 0 atom stereocenters. The second-order valence-corrected chi connectivity index (χ2v) is 7.20. The van der Waals surface area contributed by atoms with Crippen molar-refractivity contribution in [2.45, 2.75) is 24.8 Å². The number of hydrogen-bond acceptors (Lipinski definition) is 6. The Morgan fingerprint density at radius 3 is 2.48 bits per heavy atom. The zero-order valence-corrected chi connectivity index (χ0v) is 13.5. The van der Waals surface area contributed by atoms with Gasteiger partial charge < -0.3 is 10.2 Å². The summed E-state index contributed by atoms with van der Waals surface area (Å²) in [5.74, 6) is 0. The van der Waals surface area contributed by atoms with E-state index >= 15 is 0 Å². The quantitative estimate of drug-likeness (QED) is 0.608. The molecule has 0 bridgehead atoms. The molecule has 0 aliphatic heterocycles. The molecule has 0 saturated carbocycles. The molecule has 0 saturated heterocycles. The lowest BCUT2D eigenvalue weighted by Gasteiger charge is -2.21. The molecule has 1 aromatic rings. The van der Waals surface area contributed by atoms with Gasteiger partial charge in [0, 0.05) is 37.5 Å². The highest BCUT2D eigenvalue weighted by atomic mass is 32.2. The Bertz CT molecular complexity index is 614. The van der Waals surface area contributed by atoms with Crippen molar-refractivity contribution in [3.05, 3.63) is 28.3 Å². The summed E-state index contributed by atoms with van der Waals surface area (Å²) in [4.78, 5) is 12.2. The lowest BCUT2D eigenvalue weighted by Crippen LogP contribution is -2.31. The van der Waals surface area contributed by atoms with Gasteiger partial charge in [-0.15, -0.1) is 0 Å². The Morgan fingerprint density at radius 1 is 1.38 bits per heavy atom. The summed E-state index contributed by atoms with van der Waals surface area (Å²) in [5.41, 5.74) is 0.153. The summed E-state index contributed by atoms with van der Waals surface area (Å²) in [6.45, 7) is 5.41. The van der Waals surface area contributed by atoms with E-state index in [1.54, 1.807) is 0 Å². The van der Waals surface area contributed by atoms with Crippen LogP contribution in [0.3, 0.4) is 0 Å². The van der Waals surface area contributed by atoms with Gasteiger partial charge in [0.25, 0.3) is 5.69 Å². The topological polar surface area (TPSA) is 92.5 Å². The fourth-order valence-corrected chi connectivity index (χ4v) is 2.58. The average Bonchev–Trinajstić information content (AvgIpc) is 2.37. The minimum atomic E-state index is -3.54. The molecule has 21 heavy (non-hydrogen) atoms. The summed E-state index contributed by atoms with van der Waals surface area (Å²) >= 11 is 0. The molecule has 7 nitrogen and oxygen atoms in total. The normalized spacial score (nSPS) is 11.9. The number of nitro benzene ring substituents is 1. The summed E-state index contributed by atoms with van der Waals surface area (Å²) in [7, 11) is -1.57. The SMILES string of the molecule is CC(C)N(C)CCNc1ccc([N+](=O)[O-])cc1S(C)(=O)=O. The van der Waals surface area contributed by atoms with E-state index in [9.17, 15) is 18.5 Å². The summed E-state index contributed by atoms with van der Waals surface area (Å²) < 4.78 is 23.5. The van der Waals surface area contributed by atoms with Crippen molar-refractivity contribution >= 4 is 21.2 Å². The zero-order valence-electron chi connectivity index (χ0n) is 12.7. The Balaban J connectivity index is 2.94. The maximum atomic E-state index is 11.8. The lowest BCUT2D eigenvalue weighted by atomic mass is 10.2. The van der Waals surface area contributed by atoms with Gasteiger partial charge in [-0.2, -0.15) is 0 Å². The van der Waals surface area contributed by atoms with Crippen LogP contribution in [0.1, 0.15) is 13.8 Å². The second-order valence-electron chi connectivity index (χ2n) is 5.21. The smallest absolute Gasteiger partial charge is 0.270 e. The Morgan fingerprint density at radius 2 is 2.00 bits per heavy atom. The molecule has 0 spiro atoms. The third-order valence-electron chi connectivity index (χ3n) is 3.24. The first kappa shape index (κ1) is 17.4. The summed E-state index contributed by atoms with van der Waals surface area (Å²) in [5, 5.41) is 13.8. The molecule has 0 aromatic heterocycles. The maximum absolute atomic E-state index is 11.8. The van der Waals surface area contributed by atoms with Gasteiger partial charge in [-0.05, 0) is 27.0 Å². The summed E-state index contributed by atoms with van der Waals surface area (Å²) in [6, 6.07) is 4.20. The van der Waals surface area contributed by atoms with Crippen molar-refractivity contribution in [3.8, 4) is 0 Å². The predicted octanol–water partition coefficient (Wildman–Crippen LogP) is 1.75. The molecule has 1 aromatic carbocycles. The standard InChI is InChI=1S/C13H21N3O4S/c1-10(2)15(3)8-7-14-12-6-5-11(16(17)18)9-13(12)21(4,19)20/h5-6,9-10,14H,7-8H2,1-4H3. The van der Waals surface area contributed by atoms with Crippen LogP contribution in [0.5, 0.6) is 0 Å². The molecule has 0 unspecified atom stereocenters. The van der Waals surface area contributed by atoms with Gasteiger partial charge in [0.15, 0.2) is 9.84 Å².